The van der Waals surface area contributed by atoms with Crippen molar-refractivity contribution in [1.82, 2.24) is 9.97 Å². The van der Waals surface area contributed by atoms with Gasteiger partial charge in [0.05, 0.1) is 22.8 Å². The number of aryl methyl sites for hydroxylation is 1. The van der Waals surface area contributed by atoms with E-state index in [9.17, 15) is 14.3 Å². The first kappa shape index (κ1) is 20.0. The van der Waals surface area contributed by atoms with Gasteiger partial charge in [0.25, 0.3) is 0 Å². The Kier molecular flexibility index (Phi) is 5.02. The normalized spacial score (nSPS) is 16.2. The van der Waals surface area contributed by atoms with Crippen molar-refractivity contribution in [3.8, 4) is 11.6 Å². The van der Waals surface area contributed by atoms with Crippen molar-refractivity contribution in [3.05, 3.63) is 65.3 Å². The third kappa shape index (κ3) is 3.90. The number of ether oxygens (including phenoxy) is 1. The fourth-order valence-electron chi connectivity index (χ4n) is 3.89. The van der Waals surface area contributed by atoms with Crippen LogP contribution in [0.3, 0.4) is 0 Å². The van der Waals surface area contributed by atoms with Crippen LogP contribution in [0.15, 0.2) is 48.4 Å². The molecule has 1 N–H and O–H groups in total. The highest BCUT2D eigenvalue weighted by Crippen LogP contribution is 2.41. The van der Waals surface area contributed by atoms with E-state index in [4.69, 9.17) is 4.74 Å². The third-order valence-electron chi connectivity index (χ3n) is 5.29. The van der Waals surface area contributed by atoms with E-state index in [0.717, 1.165) is 5.56 Å². The summed E-state index contributed by atoms with van der Waals surface area (Å²) in [5.74, 6) is 0.423. The van der Waals surface area contributed by atoms with Crippen LogP contribution in [0.1, 0.15) is 44.7 Å². The molecule has 0 spiro atoms. The van der Waals surface area contributed by atoms with Gasteiger partial charge in [0.15, 0.2) is 5.78 Å². The van der Waals surface area contributed by atoms with E-state index < -0.39 is 0 Å². The van der Waals surface area contributed by atoms with Gasteiger partial charge in [-0.1, -0.05) is 26.8 Å². The number of hydrogen-bond donors (Lipinski definition) is 1. The number of halogens is 1. The van der Waals surface area contributed by atoms with E-state index in [2.05, 4.69) is 9.97 Å². The first-order chi connectivity index (χ1) is 14.3. The van der Waals surface area contributed by atoms with E-state index in [0.29, 0.717) is 47.2 Å². The minimum absolute atomic E-state index is 0.0666. The van der Waals surface area contributed by atoms with Crippen LogP contribution in [0.4, 0.5) is 4.39 Å². The van der Waals surface area contributed by atoms with Crippen LogP contribution in [-0.2, 0) is 11.2 Å². The van der Waals surface area contributed by atoms with Crippen LogP contribution in [0.2, 0.25) is 0 Å². The maximum Gasteiger partial charge on any atom is 0.238 e. The number of aliphatic hydroxyl groups is 1. The van der Waals surface area contributed by atoms with Crippen LogP contribution >= 0.6 is 0 Å². The number of fused-ring (bicyclic) bond motifs is 1. The molecule has 4 rings (SSSR count). The van der Waals surface area contributed by atoms with Crippen molar-refractivity contribution in [2.45, 2.75) is 40.0 Å². The Labute approximate surface area is 174 Å². The van der Waals surface area contributed by atoms with E-state index in [1.54, 1.807) is 18.2 Å². The van der Waals surface area contributed by atoms with Crippen LogP contribution in [-0.4, -0.2) is 20.9 Å². The second kappa shape index (κ2) is 7.52. The average molecular weight is 406 g/mol. The molecule has 1 aliphatic carbocycles. The Morgan fingerprint density at radius 1 is 1.13 bits per heavy atom. The average Bonchev–Trinajstić information content (AvgIpc) is 2.67. The zero-order valence-electron chi connectivity index (χ0n) is 17.2. The van der Waals surface area contributed by atoms with Crippen molar-refractivity contribution in [2.24, 2.45) is 5.41 Å². The highest BCUT2D eigenvalue weighted by Gasteiger charge is 2.34. The quantitative estimate of drug-likeness (QED) is 0.594. The summed E-state index contributed by atoms with van der Waals surface area (Å²) in [6, 6.07) is 9.63. The molecule has 0 amide bonds. The second-order valence-corrected chi connectivity index (χ2v) is 8.38. The van der Waals surface area contributed by atoms with Crippen LogP contribution in [0.25, 0.3) is 16.6 Å². The number of carbonyl (C=O) groups excluding carboxylic acids is 1. The Hall–Kier alpha value is -3.28. The number of benzene rings is 2. The maximum atomic E-state index is 13.3. The Balaban J connectivity index is 1.71. The summed E-state index contributed by atoms with van der Waals surface area (Å²) in [4.78, 5) is 21.4. The molecule has 0 fully saturated rings. The lowest BCUT2D eigenvalue weighted by Gasteiger charge is -2.30. The monoisotopic (exact) mass is 406 g/mol. The SMILES string of the molecule is CCc1ccc(Oc2cnc3cc(F)ccc3n2)cc1C1=C(O)CC(C)(C)CC1=O. The Bertz CT molecular complexity index is 1180. The molecule has 1 heterocycles. The van der Waals surface area contributed by atoms with E-state index >= 15 is 0 Å². The minimum Gasteiger partial charge on any atom is -0.512 e. The maximum absolute atomic E-state index is 13.3. The fraction of sp³-hybridized carbons (Fsp3) is 0.292. The van der Waals surface area contributed by atoms with Gasteiger partial charge in [-0.2, -0.15) is 0 Å². The van der Waals surface area contributed by atoms with Crippen LogP contribution in [0.5, 0.6) is 11.6 Å². The molecule has 154 valence electrons. The molecule has 0 radical (unpaired) electrons. The van der Waals surface area contributed by atoms with Gasteiger partial charge in [-0.05, 0) is 47.2 Å². The Morgan fingerprint density at radius 2 is 1.93 bits per heavy atom. The van der Waals surface area contributed by atoms with Crippen molar-refractivity contribution >= 4 is 22.4 Å². The molecule has 0 atom stereocenters. The van der Waals surface area contributed by atoms with Gasteiger partial charge in [0.2, 0.25) is 5.88 Å². The first-order valence-corrected chi connectivity index (χ1v) is 9.94. The number of Topliss-reactive ketones (excluding diaryl/α,β-unsaturated/α-hetero) is 1. The minimum atomic E-state index is -0.376. The molecule has 3 aromatic rings. The number of carbonyl (C=O) groups is 1. The number of aromatic nitrogens is 2. The summed E-state index contributed by atoms with van der Waals surface area (Å²) in [7, 11) is 0. The lowest BCUT2D eigenvalue weighted by atomic mass is 9.74. The smallest absolute Gasteiger partial charge is 0.238 e. The van der Waals surface area contributed by atoms with Crippen LogP contribution < -0.4 is 4.74 Å². The number of aliphatic hydroxyl groups excluding tert-OH is 1. The van der Waals surface area contributed by atoms with Gasteiger partial charge in [0, 0.05) is 18.9 Å². The number of nitrogens with zero attached hydrogens (tertiary/aromatic N) is 2. The first-order valence-electron chi connectivity index (χ1n) is 9.94. The van der Waals surface area contributed by atoms with E-state index in [-0.39, 0.29) is 28.7 Å². The number of hydrogen-bond acceptors (Lipinski definition) is 5. The Morgan fingerprint density at radius 3 is 2.67 bits per heavy atom. The third-order valence-corrected chi connectivity index (χ3v) is 5.29. The molecule has 0 bridgehead atoms. The van der Waals surface area contributed by atoms with E-state index in [1.807, 2.05) is 26.8 Å². The van der Waals surface area contributed by atoms with Gasteiger partial charge in [0.1, 0.15) is 17.3 Å². The molecular formula is C24H23FN2O3. The molecule has 6 heteroatoms. The van der Waals surface area contributed by atoms with Crippen molar-refractivity contribution in [1.29, 1.82) is 0 Å². The van der Waals surface area contributed by atoms with Gasteiger partial charge < -0.3 is 9.84 Å². The molecule has 1 aromatic heterocycles. The van der Waals surface area contributed by atoms with Crippen molar-refractivity contribution < 1.29 is 19.0 Å². The topological polar surface area (TPSA) is 72.3 Å². The zero-order valence-corrected chi connectivity index (χ0v) is 17.2. The second-order valence-electron chi connectivity index (χ2n) is 8.38. The molecule has 0 aliphatic heterocycles. The number of ketones is 1. The summed E-state index contributed by atoms with van der Waals surface area (Å²) < 4.78 is 19.2. The fourth-order valence-corrected chi connectivity index (χ4v) is 3.89. The highest BCUT2D eigenvalue weighted by atomic mass is 19.1. The molecule has 0 saturated carbocycles. The van der Waals surface area contributed by atoms with Gasteiger partial charge in [-0.25, -0.2) is 14.4 Å². The molecule has 0 saturated heterocycles. The standard InChI is InChI=1S/C24H23FN2O3/c1-4-14-5-7-16(10-17(14)23-20(28)11-24(2,3)12-21(23)29)30-22-13-26-19-9-15(25)6-8-18(19)27-22/h5-10,13,28H,4,11-12H2,1-3H3. The predicted molar refractivity (Wildman–Crippen MR) is 113 cm³/mol. The lowest BCUT2D eigenvalue weighted by molar-refractivity contribution is -0.116. The number of rotatable bonds is 4. The summed E-state index contributed by atoms with van der Waals surface area (Å²) in [5.41, 5.74) is 2.71. The molecule has 1 aliphatic rings. The van der Waals surface area contributed by atoms with Gasteiger partial charge in [-0.15, -0.1) is 0 Å². The summed E-state index contributed by atoms with van der Waals surface area (Å²) in [6.45, 7) is 5.95. The zero-order chi connectivity index (χ0) is 21.5. The summed E-state index contributed by atoms with van der Waals surface area (Å²) in [6.07, 6.45) is 2.98. The summed E-state index contributed by atoms with van der Waals surface area (Å²) >= 11 is 0. The van der Waals surface area contributed by atoms with Gasteiger partial charge in [-0.3, -0.25) is 4.79 Å². The van der Waals surface area contributed by atoms with Crippen LogP contribution in [0, 0.1) is 11.2 Å². The number of allylic oxidation sites excluding steroid dienone is 2. The molecule has 30 heavy (non-hydrogen) atoms. The van der Waals surface area contributed by atoms with Crippen molar-refractivity contribution in [2.75, 3.05) is 0 Å². The van der Waals surface area contributed by atoms with Gasteiger partial charge >= 0.3 is 0 Å². The molecule has 5 nitrogen and oxygen atoms in total. The molecular weight excluding hydrogens is 383 g/mol. The molecule has 0 unspecified atom stereocenters. The predicted octanol–water partition coefficient (Wildman–Crippen LogP) is 5.78. The van der Waals surface area contributed by atoms with E-state index in [1.165, 1.54) is 18.3 Å². The largest absolute Gasteiger partial charge is 0.512 e. The summed E-state index contributed by atoms with van der Waals surface area (Å²) in [5, 5.41) is 10.6. The van der Waals surface area contributed by atoms with Crippen molar-refractivity contribution in [3.63, 3.8) is 0 Å². The molecule has 2 aromatic carbocycles. The highest BCUT2D eigenvalue weighted by molar-refractivity contribution is 6.22. The lowest BCUT2D eigenvalue weighted by Crippen LogP contribution is -2.25.